The summed E-state index contributed by atoms with van der Waals surface area (Å²) in [4.78, 5) is 0. The topological polar surface area (TPSA) is 20.2 Å². The molecule has 0 spiro atoms. The quantitative estimate of drug-likeness (QED) is 0.879. The number of aliphatic hydroxyl groups excluding tert-OH is 1. The third kappa shape index (κ3) is 1.63. The first-order chi connectivity index (χ1) is 7.27. The van der Waals surface area contributed by atoms with E-state index in [1.807, 2.05) is 12.1 Å². The summed E-state index contributed by atoms with van der Waals surface area (Å²) >= 11 is 5.27. The maximum atomic E-state index is 10.2. The number of benzene rings is 1. The van der Waals surface area contributed by atoms with Crippen LogP contribution in [0.2, 0.25) is 0 Å². The summed E-state index contributed by atoms with van der Waals surface area (Å²) in [5.41, 5.74) is 1.10. The Morgan fingerprint density at radius 1 is 1.40 bits per heavy atom. The van der Waals surface area contributed by atoms with Crippen LogP contribution in [0, 0.1) is 5.92 Å². The predicted octanol–water partition coefficient (Wildman–Crippen LogP) is 4.11. The van der Waals surface area contributed by atoms with Gasteiger partial charge in [0, 0.05) is 20.1 Å². The average molecular weight is 283 g/mol. The number of thiophene rings is 1. The largest absolute Gasteiger partial charge is 0.388 e. The maximum Gasteiger partial charge on any atom is 0.0832 e. The van der Waals surface area contributed by atoms with Gasteiger partial charge >= 0.3 is 0 Å². The van der Waals surface area contributed by atoms with Gasteiger partial charge in [-0.1, -0.05) is 22.0 Å². The first-order valence-corrected chi connectivity index (χ1v) is 6.78. The zero-order valence-corrected chi connectivity index (χ0v) is 10.5. The van der Waals surface area contributed by atoms with Crippen LogP contribution >= 0.6 is 27.3 Å². The van der Waals surface area contributed by atoms with Crippen molar-refractivity contribution in [3.05, 3.63) is 33.6 Å². The van der Waals surface area contributed by atoms with E-state index in [0.717, 1.165) is 10.0 Å². The van der Waals surface area contributed by atoms with Crippen LogP contribution in [0.5, 0.6) is 0 Å². The standard InChI is InChI=1S/C12H11BrOS/c13-9-2-1-3-10-11(9)8(6-15-10)12(14)7-4-5-7/h1-3,6-7,12,14H,4-5H2. The third-order valence-electron chi connectivity index (χ3n) is 2.96. The predicted molar refractivity (Wildman–Crippen MR) is 67.2 cm³/mol. The maximum absolute atomic E-state index is 10.2. The molecule has 1 heterocycles. The van der Waals surface area contributed by atoms with Gasteiger partial charge in [-0.3, -0.25) is 0 Å². The van der Waals surface area contributed by atoms with Gasteiger partial charge in [0.25, 0.3) is 0 Å². The van der Waals surface area contributed by atoms with Gasteiger partial charge in [0.2, 0.25) is 0 Å². The Morgan fingerprint density at radius 2 is 2.20 bits per heavy atom. The molecule has 1 aromatic carbocycles. The number of hydrogen-bond donors (Lipinski definition) is 1. The molecule has 3 heteroatoms. The first-order valence-electron chi connectivity index (χ1n) is 5.11. The minimum absolute atomic E-state index is 0.266. The van der Waals surface area contributed by atoms with Gasteiger partial charge in [-0.05, 0) is 36.3 Å². The molecule has 0 saturated heterocycles. The van der Waals surface area contributed by atoms with Crippen LogP contribution in [-0.2, 0) is 0 Å². The van der Waals surface area contributed by atoms with Crippen LogP contribution in [0.3, 0.4) is 0 Å². The molecule has 1 fully saturated rings. The van der Waals surface area contributed by atoms with Gasteiger partial charge in [-0.15, -0.1) is 11.3 Å². The minimum Gasteiger partial charge on any atom is -0.388 e. The van der Waals surface area contributed by atoms with Crippen LogP contribution in [0.1, 0.15) is 24.5 Å². The molecular weight excluding hydrogens is 272 g/mol. The second-order valence-electron chi connectivity index (χ2n) is 4.09. The highest BCUT2D eigenvalue weighted by atomic mass is 79.9. The Kier molecular flexibility index (Phi) is 2.34. The van der Waals surface area contributed by atoms with Crippen LogP contribution in [0.25, 0.3) is 10.1 Å². The van der Waals surface area contributed by atoms with Gasteiger partial charge in [0.15, 0.2) is 0 Å². The lowest BCUT2D eigenvalue weighted by atomic mass is 10.0. The number of fused-ring (bicyclic) bond motifs is 1. The van der Waals surface area contributed by atoms with Crippen LogP contribution < -0.4 is 0 Å². The van der Waals surface area contributed by atoms with Crippen molar-refractivity contribution in [1.29, 1.82) is 0 Å². The number of halogens is 1. The van der Waals surface area contributed by atoms with E-state index >= 15 is 0 Å². The lowest BCUT2D eigenvalue weighted by molar-refractivity contribution is 0.155. The normalized spacial score (nSPS) is 18.3. The molecule has 0 radical (unpaired) electrons. The van der Waals surface area contributed by atoms with Crippen molar-refractivity contribution in [3.63, 3.8) is 0 Å². The van der Waals surface area contributed by atoms with Crippen LogP contribution in [0.4, 0.5) is 0 Å². The summed E-state index contributed by atoms with van der Waals surface area (Å²) in [5, 5.41) is 13.4. The van der Waals surface area contributed by atoms with Crippen molar-refractivity contribution in [2.24, 2.45) is 5.92 Å². The van der Waals surface area contributed by atoms with Gasteiger partial charge < -0.3 is 5.11 Å². The fourth-order valence-corrected chi connectivity index (χ4v) is 3.69. The van der Waals surface area contributed by atoms with E-state index < -0.39 is 0 Å². The third-order valence-corrected chi connectivity index (χ3v) is 4.59. The zero-order chi connectivity index (χ0) is 10.4. The van der Waals surface area contributed by atoms with E-state index in [4.69, 9.17) is 0 Å². The average Bonchev–Trinajstić information content (AvgIpc) is 2.98. The second-order valence-corrected chi connectivity index (χ2v) is 5.85. The molecule has 1 nitrogen and oxygen atoms in total. The summed E-state index contributed by atoms with van der Waals surface area (Å²) in [5.74, 6) is 0.495. The lowest BCUT2D eigenvalue weighted by Crippen LogP contribution is -1.98. The minimum atomic E-state index is -0.266. The summed E-state index contributed by atoms with van der Waals surface area (Å²) in [7, 11) is 0. The van der Waals surface area contributed by atoms with Crippen molar-refractivity contribution < 1.29 is 5.11 Å². The molecule has 15 heavy (non-hydrogen) atoms. The molecule has 1 aliphatic rings. The Morgan fingerprint density at radius 3 is 2.93 bits per heavy atom. The SMILES string of the molecule is OC(c1csc2cccc(Br)c12)C1CC1. The molecule has 1 aromatic heterocycles. The van der Waals surface area contributed by atoms with E-state index in [0.29, 0.717) is 5.92 Å². The fourth-order valence-electron chi connectivity index (χ4n) is 1.95. The Labute approximate surface area is 101 Å². The fraction of sp³-hybridized carbons (Fsp3) is 0.333. The molecule has 3 rings (SSSR count). The molecule has 2 aromatic rings. The molecule has 78 valence electrons. The molecule has 1 N–H and O–H groups in total. The van der Waals surface area contributed by atoms with Crippen molar-refractivity contribution in [2.75, 3.05) is 0 Å². The van der Waals surface area contributed by atoms with Crippen molar-refractivity contribution in [3.8, 4) is 0 Å². The van der Waals surface area contributed by atoms with Crippen LogP contribution in [0.15, 0.2) is 28.1 Å². The number of aliphatic hydroxyl groups is 1. The van der Waals surface area contributed by atoms with E-state index in [9.17, 15) is 5.11 Å². The number of hydrogen-bond acceptors (Lipinski definition) is 2. The van der Waals surface area contributed by atoms with E-state index in [-0.39, 0.29) is 6.10 Å². The first kappa shape index (κ1) is 9.82. The molecule has 1 atom stereocenters. The molecular formula is C12H11BrOS. The molecule has 0 amide bonds. The molecule has 1 unspecified atom stereocenters. The molecule has 0 aliphatic heterocycles. The molecule has 0 bridgehead atoms. The Balaban J connectivity index is 2.17. The van der Waals surface area contributed by atoms with E-state index in [2.05, 4.69) is 27.4 Å². The smallest absolute Gasteiger partial charge is 0.0832 e. The summed E-state index contributed by atoms with van der Waals surface area (Å²) in [6.45, 7) is 0. The van der Waals surface area contributed by atoms with Crippen molar-refractivity contribution >= 4 is 37.4 Å². The van der Waals surface area contributed by atoms with Crippen molar-refractivity contribution in [2.45, 2.75) is 18.9 Å². The highest BCUT2D eigenvalue weighted by Crippen LogP contribution is 2.45. The number of rotatable bonds is 2. The van der Waals surface area contributed by atoms with E-state index in [1.165, 1.54) is 22.9 Å². The van der Waals surface area contributed by atoms with Crippen LogP contribution in [-0.4, -0.2) is 5.11 Å². The molecule has 1 saturated carbocycles. The molecule has 1 aliphatic carbocycles. The summed E-state index contributed by atoms with van der Waals surface area (Å²) < 4.78 is 2.34. The van der Waals surface area contributed by atoms with Gasteiger partial charge in [-0.2, -0.15) is 0 Å². The Hall–Kier alpha value is -0.380. The van der Waals surface area contributed by atoms with Gasteiger partial charge in [0.05, 0.1) is 6.10 Å². The lowest BCUT2D eigenvalue weighted by Gasteiger charge is -2.08. The van der Waals surface area contributed by atoms with Gasteiger partial charge in [-0.25, -0.2) is 0 Å². The van der Waals surface area contributed by atoms with Gasteiger partial charge in [0.1, 0.15) is 0 Å². The highest BCUT2D eigenvalue weighted by molar-refractivity contribution is 9.10. The monoisotopic (exact) mass is 282 g/mol. The second kappa shape index (κ2) is 3.58. The summed E-state index contributed by atoms with van der Waals surface area (Å²) in [6, 6.07) is 6.18. The zero-order valence-electron chi connectivity index (χ0n) is 8.11. The van der Waals surface area contributed by atoms with E-state index in [1.54, 1.807) is 11.3 Å². The van der Waals surface area contributed by atoms with Crippen molar-refractivity contribution in [1.82, 2.24) is 0 Å². The Bertz CT molecular complexity index is 501. The highest BCUT2D eigenvalue weighted by Gasteiger charge is 2.32. The summed E-state index contributed by atoms with van der Waals surface area (Å²) in [6.07, 6.45) is 2.07.